The van der Waals surface area contributed by atoms with Crippen molar-refractivity contribution in [2.24, 2.45) is 0 Å². The van der Waals surface area contributed by atoms with Crippen molar-refractivity contribution in [3.63, 3.8) is 0 Å². The molecule has 0 saturated heterocycles. The number of nitrogens with zero attached hydrogens (tertiary/aromatic N) is 1. The lowest BCUT2D eigenvalue weighted by atomic mass is 10.1. The Morgan fingerprint density at radius 2 is 1.86 bits per heavy atom. The van der Waals surface area contributed by atoms with Gasteiger partial charge in [-0.3, -0.25) is 4.79 Å². The summed E-state index contributed by atoms with van der Waals surface area (Å²) in [5.74, 6) is 0.812. The highest BCUT2D eigenvalue weighted by Crippen LogP contribution is 2.23. The predicted octanol–water partition coefficient (Wildman–Crippen LogP) is 4.29. The van der Waals surface area contributed by atoms with Crippen LogP contribution in [0.3, 0.4) is 0 Å². The van der Waals surface area contributed by atoms with E-state index >= 15 is 0 Å². The third-order valence-corrected chi connectivity index (χ3v) is 4.06. The summed E-state index contributed by atoms with van der Waals surface area (Å²) < 4.78 is 6.06. The summed E-state index contributed by atoms with van der Waals surface area (Å²) >= 11 is 3.39. The van der Waals surface area contributed by atoms with Gasteiger partial charge in [-0.05, 0) is 42.8 Å². The maximum absolute atomic E-state index is 12.5. The second kappa shape index (κ2) is 6.76. The molecule has 2 aromatic rings. The molecule has 1 amide bonds. The maximum Gasteiger partial charge on any atom is 0.254 e. The number of ether oxygens (including phenoxy) is 1. The van der Waals surface area contributed by atoms with Crippen LogP contribution in [0.1, 0.15) is 28.9 Å². The minimum Gasteiger partial charge on any atom is -0.497 e. The number of hydrogen-bond donors (Lipinski definition) is 0. The molecule has 0 aliphatic rings. The first-order chi connectivity index (χ1) is 10.0. The molecule has 2 aromatic carbocycles. The van der Waals surface area contributed by atoms with Crippen LogP contribution in [0.5, 0.6) is 5.75 Å². The number of carbonyl (C=O) groups is 1. The van der Waals surface area contributed by atoms with Crippen molar-refractivity contribution in [3.8, 4) is 5.75 Å². The molecule has 1 unspecified atom stereocenters. The number of methoxy groups -OCH3 is 1. The van der Waals surface area contributed by atoms with Gasteiger partial charge in [0.2, 0.25) is 0 Å². The first-order valence-electron chi connectivity index (χ1n) is 6.69. The summed E-state index contributed by atoms with van der Waals surface area (Å²) in [6.45, 7) is 2.01. The Bertz CT molecular complexity index is 625. The zero-order chi connectivity index (χ0) is 15.4. The van der Waals surface area contributed by atoms with E-state index in [1.807, 2.05) is 62.5 Å². The topological polar surface area (TPSA) is 29.5 Å². The minimum absolute atomic E-state index is 0.000354. The van der Waals surface area contributed by atoms with Crippen molar-refractivity contribution in [1.29, 1.82) is 0 Å². The van der Waals surface area contributed by atoms with Crippen molar-refractivity contribution in [1.82, 2.24) is 4.90 Å². The van der Waals surface area contributed by atoms with Crippen LogP contribution in [0, 0.1) is 0 Å². The van der Waals surface area contributed by atoms with Gasteiger partial charge in [-0.25, -0.2) is 0 Å². The maximum atomic E-state index is 12.5. The molecular formula is C17H18BrNO2. The molecular weight excluding hydrogens is 330 g/mol. The molecule has 110 valence electrons. The van der Waals surface area contributed by atoms with Gasteiger partial charge in [-0.15, -0.1) is 0 Å². The summed E-state index contributed by atoms with van der Waals surface area (Å²) in [6.07, 6.45) is 0. The van der Waals surface area contributed by atoms with E-state index in [1.165, 1.54) is 0 Å². The van der Waals surface area contributed by atoms with E-state index in [2.05, 4.69) is 15.9 Å². The van der Waals surface area contributed by atoms with E-state index in [4.69, 9.17) is 4.74 Å². The van der Waals surface area contributed by atoms with Gasteiger partial charge in [0.25, 0.3) is 5.91 Å². The van der Waals surface area contributed by atoms with E-state index in [0.29, 0.717) is 5.56 Å². The first kappa shape index (κ1) is 15.6. The number of halogens is 1. The second-order valence-electron chi connectivity index (χ2n) is 4.88. The van der Waals surface area contributed by atoms with E-state index in [0.717, 1.165) is 15.8 Å². The van der Waals surface area contributed by atoms with Gasteiger partial charge in [0.1, 0.15) is 5.75 Å². The Kier molecular flexibility index (Phi) is 5.02. The molecule has 0 fully saturated rings. The molecule has 0 spiro atoms. The highest BCUT2D eigenvalue weighted by Gasteiger charge is 2.19. The lowest BCUT2D eigenvalue weighted by Gasteiger charge is -2.25. The average Bonchev–Trinajstić information content (AvgIpc) is 2.53. The Hall–Kier alpha value is -1.81. The summed E-state index contributed by atoms with van der Waals surface area (Å²) in [5, 5.41) is 0. The molecule has 2 rings (SSSR count). The molecule has 4 heteroatoms. The zero-order valence-electron chi connectivity index (χ0n) is 12.3. The quantitative estimate of drug-likeness (QED) is 0.825. The van der Waals surface area contributed by atoms with Crippen molar-refractivity contribution in [2.45, 2.75) is 13.0 Å². The van der Waals surface area contributed by atoms with E-state index in [-0.39, 0.29) is 11.9 Å². The van der Waals surface area contributed by atoms with Crippen LogP contribution in [0.15, 0.2) is 53.0 Å². The van der Waals surface area contributed by atoms with Crippen LogP contribution in [-0.2, 0) is 0 Å². The number of carbonyl (C=O) groups excluding carboxylic acids is 1. The fourth-order valence-corrected chi connectivity index (χ4v) is 2.51. The summed E-state index contributed by atoms with van der Waals surface area (Å²) in [4.78, 5) is 14.3. The Labute approximate surface area is 133 Å². The first-order valence-corrected chi connectivity index (χ1v) is 7.49. The highest BCUT2D eigenvalue weighted by atomic mass is 79.9. The van der Waals surface area contributed by atoms with Gasteiger partial charge in [0.05, 0.1) is 13.2 Å². The highest BCUT2D eigenvalue weighted by molar-refractivity contribution is 9.10. The van der Waals surface area contributed by atoms with Crippen LogP contribution < -0.4 is 4.74 Å². The standard InChI is InChI=1S/C17H18BrNO2/c1-12(13-7-9-16(21-3)10-8-13)19(2)17(20)14-5-4-6-15(18)11-14/h4-12H,1-3H3. The summed E-state index contributed by atoms with van der Waals surface area (Å²) in [5.41, 5.74) is 1.74. The average molecular weight is 348 g/mol. The normalized spacial score (nSPS) is 11.8. The lowest BCUT2D eigenvalue weighted by molar-refractivity contribution is 0.0742. The number of hydrogen-bond acceptors (Lipinski definition) is 2. The van der Waals surface area contributed by atoms with Gasteiger partial charge in [-0.2, -0.15) is 0 Å². The predicted molar refractivity (Wildman–Crippen MR) is 87.6 cm³/mol. The number of benzene rings is 2. The molecule has 0 aliphatic heterocycles. The second-order valence-corrected chi connectivity index (χ2v) is 5.79. The van der Waals surface area contributed by atoms with Crippen molar-refractivity contribution < 1.29 is 9.53 Å². The molecule has 21 heavy (non-hydrogen) atoms. The molecule has 0 aromatic heterocycles. The fraction of sp³-hybridized carbons (Fsp3) is 0.235. The van der Waals surface area contributed by atoms with Gasteiger partial charge in [0, 0.05) is 17.1 Å². The van der Waals surface area contributed by atoms with E-state index < -0.39 is 0 Å². The molecule has 3 nitrogen and oxygen atoms in total. The molecule has 0 bridgehead atoms. The van der Waals surface area contributed by atoms with Crippen LogP contribution in [0.2, 0.25) is 0 Å². The van der Waals surface area contributed by atoms with Gasteiger partial charge in [-0.1, -0.05) is 34.1 Å². The lowest BCUT2D eigenvalue weighted by Crippen LogP contribution is -2.29. The minimum atomic E-state index is -0.0117. The Balaban J connectivity index is 2.17. The Morgan fingerprint density at radius 3 is 2.43 bits per heavy atom. The molecule has 1 atom stereocenters. The van der Waals surface area contributed by atoms with Crippen molar-refractivity contribution >= 4 is 21.8 Å². The molecule has 0 heterocycles. The van der Waals surface area contributed by atoms with Crippen LogP contribution in [0.4, 0.5) is 0 Å². The fourth-order valence-electron chi connectivity index (χ4n) is 2.11. The zero-order valence-corrected chi connectivity index (χ0v) is 13.9. The SMILES string of the molecule is COc1ccc(C(C)N(C)C(=O)c2cccc(Br)c2)cc1. The van der Waals surface area contributed by atoms with E-state index in [1.54, 1.807) is 12.0 Å². The third-order valence-electron chi connectivity index (χ3n) is 3.57. The molecule has 0 saturated carbocycles. The Morgan fingerprint density at radius 1 is 1.19 bits per heavy atom. The molecule has 0 N–H and O–H groups in total. The summed E-state index contributed by atoms with van der Waals surface area (Å²) in [7, 11) is 3.46. The summed E-state index contributed by atoms with van der Waals surface area (Å²) in [6, 6.07) is 15.2. The van der Waals surface area contributed by atoms with Gasteiger partial charge >= 0.3 is 0 Å². The largest absolute Gasteiger partial charge is 0.497 e. The van der Waals surface area contributed by atoms with Crippen LogP contribution >= 0.6 is 15.9 Å². The van der Waals surface area contributed by atoms with Crippen molar-refractivity contribution in [3.05, 3.63) is 64.1 Å². The van der Waals surface area contributed by atoms with Gasteiger partial charge in [0.15, 0.2) is 0 Å². The third kappa shape index (κ3) is 3.64. The smallest absolute Gasteiger partial charge is 0.254 e. The molecule has 0 aliphatic carbocycles. The van der Waals surface area contributed by atoms with E-state index in [9.17, 15) is 4.79 Å². The van der Waals surface area contributed by atoms with Crippen LogP contribution in [-0.4, -0.2) is 25.0 Å². The van der Waals surface area contributed by atoms with Crippen molar-refractivity contribution in [2.75, 3.05) is 14.2 Å². The number of amides is 1. The van der Waals surface area contributed by atoms with Crippen LogP contribution in [0.25, 0.3) is 0 Å². The molecule has 0 radical (unpaired) electrons. The van der Waals surface area contributed by atoms with Gasteiger partial charge < -0.3 is 9.64 Å². The monoisotopic (exact) mass is 347 g/mol. The number of rotatable bonds is 4.